The van der Waals surface area contributed by atoms with E-state index in [9.17, 15) is 116 Å². The van der Waals surface area contributed by atoms with Gasteiger partial charge in [0.15, 0.2) is 0 Å². The van der Waals surface area contributed by atoms with Gasteiger partial charge < -0.3 is 132 Å². The lowest BCUT2D eigenvalue weighted by Crippen LogP contribution is -2.61. The van der Waals surface area contributed by atoms with Crippen molar-refractivity contribution in [1.82, 2.24) is 94.0 Å². The number of aromatic hydroxyl groups is 1. The molecule has 4 rings (SSSR count). The van der Waals surface area contributed by atoms with Gasteiger partial charge in [0, 0.05) is 75.3 Å². The number of hydrogen-bond acceptors (Lipinski definition) is 25. The summed E-state index contributed by atoms with van der Waals surface area (Å²) in [6, 6.07) is -16.6. The minimum absolute atomic E-state index is 0.0136. The molecule has 0 aliphatic carbocycles. The van der Waals surface area contributed by atoms with Gasteiger partial charge in [0.05, 0.1) is 31.7 Å². The predicted octanol–water partition coefficient (Wildman–Crippen LogP) is -7.58. The van der Waals surface area contributed by atoms with Gasteiger partial charge in [-0.2, -0.15) is 0 Å². The number of phenols is 1. The van der Waals surface area contributed by atoms with E-state index >= 15 is 0 Å². The van der Waals surface area contributed by atoms with E-state index in [0.717, 1.165) is 11.8 Å². The van der Waals surface area contributed by atoms with Crippen LogP contribution in [0.4, 0.5) is 0 Å². The second-order valence-electron chi connectivity index (χ2n) is 29.5. The third kappa shape index (κ3) is 35.1. The van der Waals surface area contributed by atoms with E-state index in [2.05, 4.69) is 89.1 Å². The molecule has 1 aliphatic rings. The van der Waals surface area contributed by atoms with Gasteiger partial charge >= 0.3 is 23.9 Å². The van der Waals surface area contributed by atoms with Crippen molar-refractivity contribution in [2.24, 2.45) is 34.8 Å². The smallest absolute Gasteiger partial charge is 0.326 e. The number of imidazole rings is 2. The van der Waals surface area contributed by atoms with Gasteiger partial charge in [0.2, 0.25) is 94.5 Å². The zero-order chi connectivity index (χ0) is 90.5. The fourth-order valence-corrected chi connectivity index (χ4v) is 12.2. The molecule has 0 spiro atoms. The first-order valence-electron chi connectivity index (χ1n) is 38.8. The largest absolute Gasteiger partial charge is 0.508 e. The topological polar surface area (TPSA) is 764 Å². The van der Waals surface area contributed by atoms with Gasteiger partial charge in [-0.25, -0.2) is 14.8 Å². The Labute approximate surface area is 692 Å². The maximum Gasteiger partial charge on any atom is 0.326 e. The highest BCUT2D eigenvalue weighted by molar-refractivity contribution is 6.01. The molecule has 28 N–H and O–H groups in total. The Bertz CT molecular complexity index is 4130. The molecule has 3 aromatic rings. The van der Waals surface area contributed by atoms with Crippen LogP contribution in [0.25, 0.3) is 0 Å². The first-order chi connectivity index (χ1) is 57.0. The average molecular weight is 1710 g/mol. The monoisotopic (exact) mass is 1710 g/mol. The van der Waals surface area contributed by atoms with Crippen molar-refractivity contribution in [3.05, 3.63) is 66.3 Å². The molecule has 1 saturated heterocycles. The van der Waals surface area contributed by atoms with Crippen LogP contribution in [0.2, 0.25) is 0 Å². The standard InChI is InChI=1S/C74H110N22O25/c1-35(2)59(72(118)81-32-55(100)86-49(27-40-30-79-33-82-40)69(115)90-47(74(120)121)19-23-58(105)106)94-62(108)38(6)85-67(113)51(29-54(78)99)93-66(112)46(18-22-57(103)104)89-71(117)52-11-9-25-96(52)73(119)60(36(3)4)95-70(116)50(28-41-31-80-34-83-41)91-61(107)37(5)84-64(110)45(17-21-56(101)102)88-68(114)48(26-39-12-14-42(97)15-13-39)92-65(111)44(10-7-8-24-75)87-63(109)43(76)16-20-53(77)98/h12-15,30-31,33-38,43-52,59-60,97H,7-11,16-29,32,75-76H2,1-6H3,(H2,77,98)(H2,78,99)(H,79,82)(H,80,83)(H,81,118)(H,84,110)(H,85,113)(H,86,100)(H,87,109)(H,88,114)(H,89,117)(H,90,115)(H,91,107)(H,92,111)(H,93,112)(H,94,108)(H,95,116)(H,101,102)(H,103,104)(H,105,106)(H,120,121)/t37-,38-,43-,44-,45-,46-,47-,48-,49-,50-,51-,52-,59-,60-/m0/s1. The Morgan fingerprint density at radius 2 is 0.893 bits per heavy atom. The van der Waals surface area contributed by atoms with Gasteiger partial charge in [0.1, 0.15) is 84.3 Å². The fourth-order valence-electron chi connectivity index (χ4n) is 12.2. The van der Waals surface area contributed by atoms with Gasteiger partial charge in [0.25, 0.3) is 0 Å². The van der Waals surface area contributed by atoms with E-state index in [0.29, 0.717) is 24.1 Å². The summed E-state index contributed by atoms with van der Waals surface area (Å²) >= 11 is 0. The van der Waals surface area contributed by atoms with Crippen LogP contribution in [0.5, 0.6) is 5.75 Å². The van der Waals surface area contributed by atoms with Crippen molar-refractivity contribution in [2.45, 2.75) is 235 Å². The molecule has 1 fully saturated rings. The molecule has 47 nitrogen and oxygen atoms in total. The summed E-state index contributed by atoms with van der Waals surface area (Å²) in [4.78, 5) is 281. The van der Waals surface area contributed by atoms with Gasteiger partial charge in [-0.05, 0) is 108 Å². The zero-order valence-electron chi connectivity index (χ0n) is 67.6. The summed E-state index contributed by atoms with van der Waals surface area (Å²) in [5.41, 5.74) is 23.3. The Morgan fingerprint density at radius 1 is 0.463 bits per heavy atom. The quantitative estimate of drug-likeness (QED) is 0.0233. The van der Waals surface area contributed by atoms with E-state index in [1.807, 2.05) is 0 Å². The molecule has 0 unspecified atom stereocenters. The summed E-state index contributed by atoms with van der Waals surface area (Å²) in [6.45, 7) is 7.66. The first kappa shape index (κ1) is 100. The number of carbonyl (C=O) groups is 20. The lowest BCUT2D eigenvalue weighted by atomic mass is 10.0. The molecule has 0 bridgehead atoms. The van der Waals surface area contributed by atoms with Crippen molar-refractivity contribution in [1.29, 1.82) is 0 Å². The number of amides is 16. The number of aromatic nitrogens is 4. The lowest BCUT2D eigenvalue weighted by molar-refractivity contribution is -0.144. The normalized spacial score (nSPS) is 15.6. The number of aromatic amines is 2. The molecule has 1 aliphatic heterocycles. The van der Waals surface area contributed by atoms with Crippen LogP contribution in [0.3, 0.4) is 0 Å². The number of unbranched alkanes of at least 4 members (excludes halogenated alkanes) is 1. The number of hydrogen-bond donors (Lipinski definition) is 24. The van der Waals surface area contributed by atoms with Crippen molar-refractivity contribution in [3.63, 3.8) is 0 Å². The highest BCUT2D eigenvalue weighted by Gasteiger charge is 2.43. The molecule has 666 valence electrons. The average Bonchev–Trinajstić information content (AvgIpc) is 1.71. The second kappa shape index (κ2) is 49.9. The number of carbonyl (C=O) groups excluding carboxylic acids is 16. The van der Waals surface area contributed by atoms with E-state index < -0.39 is 266 Å². The highest BCUT2D eigenvalue weighted by atomic mass is 16.4. The molecular weight excluding hydrogens is 1600 g/mol. The Kier molecular flexibility index (Phi) is 41.3. The van der Waals surface area contributed by atoms with E-state index in [1.54, 1.807) is 0 Å². The first-order valence-corrected chi connectivity index (χ1v) is 38.8. The van der Waals surface area contributed by atoms with Crippen molar-refractivity contribution < 1.29 is 121 Å². The molecule has 1 aromatic carbocycles. The van der Waals surface area contributed by atoms with E-state index in [1.165, 1.54) is 83.9 Å². The van der Waals surface area contributed by atoms with Crippen LogP contribution < -0.4 is 92.1 Å². The Morgan fingerprint density at radius 3 is 1.39 bits per heavy atom. The van der Waals surface area contributed by atoms with Crippen LogP contribution in [0, 0.1) is 11.8 Å². The maximum atomic E-state index is 14.8. The van der Waals surface area contributed by atoms with Crippen molar-refractivity contribution >= 4 is 118 Å². The van der Waals surface area contributed by atoms with Crippen LogP contribution in [-0.2, 0) is 115 Å². The summed E-state index contributed by atoms with van der Waals surface area (Å²) in [5.74, 6) is -23.7. The third-order valence-electron chi connectivity index (χ3n) is 19.0. The molecule has 14 atom stereocenters. The van der Waals surface area contributed by atoms with Crippen molar-refractivity contribution in [3.8, 4) is 5.75 Å². The summed E-state index contributed by atoms with van der Waals surface area (Å²) < 4.78 is 0. The Balaban J connectivity index is 1.49. The van der Waals surface area contributed by atoms with Crippen LogP contribution in [0.15, 0.2) is 49.3 Å². The van der Waals surface area contributed by atoms with Gasteiger partial charge in [-0.1, -0.05) is 39.8 Å². The number of nitrogens with one attached hydrogen (secondary N) is 15. The number of carboxylic acids is 4. The predicted molar refractivity (Wildman–Crippen MR) is 420 cm³/mol. The number of phenolic OH excluding ortho intramolecular Hbond substituents is 1. The molecule has 16 amide bonds. The number of aliphatic carboxylic acids is 4. The minimum atomic E-state index is -1.93. The number of nitrogens with two attached hydrogens (primary N) is 4. The maximum absolute atomic E-state index is 14.8. The number of rotatable bonds is 54. The van der Waals surface area contributed by atoms with E-state index in [4.69, 9.17) is 28.0 Å². The second-order valence-corrected chi connectivity index (χ2v) is 29.5. The fraction of sp³-hybridized carbons (Fsp3) is 0.568. The molecule has 47 heteroatoms. The molecule has 2 aromatic heterocycles. The number of primary amides is 2. The summed E-state index contributed by atoms with van der Waals surface area (Å²) in [6.07, 6.45) is -0.270. The molecule has 3 heterocycles. The van der Waals surface area contributed by atoms with Gasteiger partial charge in [-0.15, -0.1) is 0 Å². The molecule has 121 heavy (non-hydrogen) atoms. The summed E-state index contributed by atoms with van der Waals surface area (Å²) in [7, 11) is 0. The van der Waals surface area contributed by atoms with Crippen LogP contribution in [-0.4, -0.2) is 273 Å². The SMILES string of the molecule is CC(C)[C@H](NC(=O)[C@H](C)NC(=O)[C@H](CC(N)=O)NC(=O)[C@H](CCC(=O)O)NC(=O)[C@@H]1CCCN1C(=O)[C@@H](NC(=O)[C@H](Cc1cnc[nH]1)NC(=O)[C@H](C)NC(=O)[C@H](CCC(=O)O)NC(=O)[C@H](Cc1ccc(O)cc1)NC(=O)[C@H](CCCCN)NC(=O)[C@@H](N)CCC(N)=O)C(C)C)C(=O)NCC(=O)N[C@@H](Cc1cnc[nH]1)C(=O)N[C@@H](CCC(=O)O)C(=O)O. The minimum Gasteiger partial charge on any atom is -0.508 e. The number of nitrogens with zero attached hydrogens (tertiary/aromatic N) is 3. The number of carboxylic acid groups (broad SMARTS) is 4. The molecule has 0 saturated carbocycles. The van der Waals surface area contributed by atoms with Gasteiger partial charge in [-0.3, -0.25) is 91.1 Å². The van der Waals surface area contributed by atoms with Crippen molar-refractivity contribution in [2.75, 3.05) is 19.6 Å². The van der Waals surface area contributed by atoms with Crippen LogP contribution >= 0.6 is 0 Å². The number of H-pyrrole nitrogens is 2. The molecular formula is C74H110N22O25. The molecule has 0 radical (unpaired) electrons. The van der Waals surface area contributed by atoms with E-state index in [-0.39, 0.29) is 75.9 Å². The highest BCUT2D eigenvalue weighted by Crippen LogP contribution is 2.22. The Hall–Kier alpha value is -13.2. The van der Waals surface area contributed by atoms with Crippen LogP contribution in [0.1, 0.15) is 148 Å². The third-order valence-corrected chi connectivity index (χ3v) is 19.0. The zero-order valence-corrected chi connectivity index (χ0v) is 67.6. The number of likely N-dealkylation sites (tertiary alicyclic amines) is 1. The number of benzene rings is 1. The lowest BCUT2D eigenvalue weighted by Gasteiger charge is -2.32. The summed E-state index contributed by atoms with van der Waals surface area (Å²) in [5, 5.41) is 79.4.